The first-order valence-electron chi connectivity index (χ1n) is 17.1. The minimum Gasteiger partial charge on any atom is -0.481 e. The molecule has 5 rings (SSSR count). The van der Waals surface area contributed by atoms with Gasteiger partial charge >= 0.3 is 17.9 Å². The van der Waals surface area contributed by atoms with Crippen molar-refractivity contribution >= 4 is 40.7 Å². The van der Waals surface area contributed by atoms with Crippen LogP contribution in [0, 0.1) is 11.7 Å². The number of aromatic nitrogens is 1. The minimum absolute atomic E-state index is 0.0199. The molecule has 12 nitrogen and oxygen atoms in total. The molecule has 3 heterocycles. The number of rotatable bonds is 15. The van der Waals surface area contributed by atoms with Crippen LogP contribution in [0.2, 0.25) is 0 Å². The zero-order valence-corrected chi connectivity index (χ0v) is 28.3. The third kappa shape index (κ3) is 8.27. The molecule has 0 aliphatic carbocycles. The van der Waals surface area contributed by atoms with Crippen LogP contribution in [0.15, 0.2) is 59.1 Å². The number of carboxylic acid groups (broad SMARTS) is 3. The number of benzene rings is 2. The molecule has 0 spiro atoms. The number of carbonyl (C=O) groups is 5. The van der Waals surface area contributed by atoms with Crippen LogP contribution in [-0.2, 0) is 14.4 Å². The lowest BCUT2D eigenvalue weighted by Gasteiger charge is -2.53. The van der Waals surface area contributed by atoms with Crippen molar-refractivity contribution in [1.82, 2.24) is 15.0 Å². The minimum atomic E-state index is -1.32. The summed E-state index contributed by atoms with van der Waals surface area (Å²) in [5, 5.41) is 31.3. The SMILES string of the molecule is CCCCCCCCC(C(=O)O)C(CC)(N1CCC(c2noc3cc(F)ccc23)CC1)N1C(=O)c2ccccc2C1=O.O=C(O)C=CC(=O)O. The number of halogens is 1. The molecule has 50 heavy (non-hydrogen) atoms. The Balaban J connectivity index is 0.000000627. The van der Waals surface area contributed by atoms with E-state index in [1.807, 2.05) is 6.92 Å². The third-order valence-corrected chi connectivity index (χ3v) is 9.66. The van der Waals surface area contributed by atoms with Gasteiger partial charge in [0, 0.05) is 42.6 Å². The Labute approximate surface area is 289 Å². The van der Waals surface area contributed by atoms with Gasteiger partial charge in [0.15, 0.2) is 5.58 Å². The van der Waals surface area contributed by atoms with E-state index in [0.717, 1.165) is 43.2 Å². The van der Waals surface area contributed by atoms with Crippen LogP contribution in [0.5, 0.6) is 0 Å². The van der Waals surface area contributed by atoms with Crippen molar-refractivity contribution in [2.45, 2.75) is 89.6 Å². The number of unbranched alkanes of at least 4 members (excludes halogenated alkanes) is 5. The molecule has 1 saturated heterocycles. The second-order valence-corrected chi connectivity index (χ2v) is 12.7. The second kappa shape index (κ2) is 17.1. The molecule has 0 saturated carbocycles. The van der Waals surface area contributed by atoms with Gasteiger partial charge in [0.25, 0.3) is 11.8 Å². The number of nitrogens with zero attached hydrogens (tertiary/aromatic N) is 3. The molecule has 0 radical (unpaired) electrons. The van der Waals surface area contributed by atoms with Crippen LogP contribution in [0.25, 0.3) is 11.0 Å². The van der Waals surface area contributed by atoms with Gasteiger partial charge in [-0.15, -0.1) is 0 Å². The quantitative estimate of drug-likeness (QED) is 0.0875. The van der Waals surface area contributed by atoms with Gasteiger partial charge in [0.2, 0.25) is 0 Å². The maximum atomic E-state index is 13.9. The van der Waals surface area contributed by atoms with Crippen LogP contribution in [0.1, 0.15) is 110 Å². The number of likely N-dealkylation sites (tertiary alicyclic amines) is 1. The molecule has 3 N–H and O–H groups in total. The Morgan fingerprint density at radius 2 is 1.50 bits per heavy atom. The van der Waals surface area contributed by atoms with Gasteiger partial charge in [-0.1, -0.05) is 69.7 Å². The molecule has 2 aliphatic rings. The van der Waals surface area contributed by atoms with Gasteiger partial charge < -0.3 is 19.8 Å². The van der Waals surface area contributed by atoms with E-state index in [4.69, 9.17) is 14.7 Å². The maximum Gasteiger partial charge on any atom is 0.328 e. The third-order valence-electron chi connectivity index (χ3n) is 9.66. The highest BCUT2D eigenvalue weighted by Gasteiger charge is 2.57. The summed E-state index contributed by atoms with van der Waals surface area (Å²) >= 11 is 0. The van der Waals surface area contributed by atoms with E-state index in [1.165, 1.54) is 17.0 Å². The van der Waals surface area contributed by atoms with Gasteiger partial charge in [-0.05, 0) is 49.9 Å². The Morgan fingerprint density at radius 1 is 0.920 bits per heavy atom. The summed E-state index contributed by atoms with van der Waals surface area (Å²) in [6.07, 6.45) is 9.11. The summed E-state index contributed by atoms with van der Waals surface area (Å²) in [7, 11) is 0. The number of fused-ring (bicyclic) bond motifs is 2. The van der Waals surface area contributed by atoms with E-state index >= 15 is 0 Å². The predicted molar refractivity (Wildman–Crippen MR) is 181 cm³/mol. The van der Waals surface area contributed by atoms with Gasteiger partial charge in [0.1, 0.15) is 11.5 Å². The van der Waals surface area contributed by atoms with Gasteiger partial charge in [-0.3, -0.25) is 24.2 Å². The Morgan fingerprint density at radius 3 is 2.04 bits per heavy atom. The highest BCUT2D eigenvalue weighted by molar-refractivity contribution is 6.22. The molecule has 2 aromatic carbocycles. The Hall–Kier alpha value is -4.91. The van der Waals surface area contributed by atoms with Gasteiger partial charge in [-0.25, -0.2) is 14.0 Å². The molecular formula is C37H44FN3O9. The number of imide groups is 1. The number of amides is 2. The van der Waals surface area contributed by atoms with Crippen molar-refractivity contribution in [3.8, 4) is 0 Å². The van der Waals surface area contributed by atoms with E-state index in [0.29, 0.717) is 74.1 Å². The molecule has 2 atom stereocenters. The van der Waals surface area contributed by atoms with Crippen molar-refractivity contribution in [2.75, 3.05) is 13.1 Å². The summed E-state index contributed by atoms with van der Waals surface area (Å²) in [6.45, 7) is 4.99. The van der Waals surface area contributed by atoms with Crippen molar-refractivity contribution in [3.63, 3.8) is 0 Å². The van der Waals surface area contributed by atoms with Crippen molar-refractivity contribution in [3.05, 3.63) is 77.3 Å². The fraction of sp³-hybridized carbons (Fsp3) is 0.459. The van der Waals surface area contributed by atoms with Crippen LogP contribution in [0.4, 0.5) is 4.39 Å². The molecule has 0 bridgehead atoms. The van der Waals surface area contributed by atoms with Gasteiger partial charge in [-0.2, -0.15) is 0 Å². The van der Waals surface area contributed by atoms with Crippen molar-refractivity contribution in [1.29, 1.82) is 0 Å². The first kappa shape index (κ1) is 37.9. The van der Waals surface area contributed by atoms with Crippen LogP contribution in [0.3, 0.4) is 0 Å². The molecule has 13 heteroatoms. The molecule has 2 unspecified atom stereocenters. The number of aliphatic carboxylic acids is 3. The second-order valence-electron chi connectivity index (χ2n) is 12.7. The topological polar surface area (TPSA) is 179 Å². The zero-order chi connectivity index (χ0) is 36.4. The average Bonchev–Trinajstić information content (AvgIpc) is 3.63. The monoisotopic (exact) mass is 693 g/mol. The van der Waals surface area contributed by atoms with E-state index < -0.39 is 47.1 Å². The molecule has 1 fully saturated rings. The lowest BCUT2D eigenvalue weighted by Crippen LogP contribution is -2.68. The normalized spacial score (nSPS) is 17.0. The van der Waals surface area contributed by atoms with Crippen LogP contribution < -0.4 is 0 Å². The largest absolute Gasteiger partial charge is 0.481 e. The Kier molecular flexibility index (Phi) is 13.0. The summed E-state index contributed by atoms with van der Waals surface area (Å²) in [4.78, 5) is 63.3. The van der Waals surface area contributed by atoms with Crippen molar-refractivity contribution in [2.24, 2.45) is 5.92 Å². The van der Waals surface area contributed by atoms with E-state index in [2.05, 4.69) is 17.0 Å². The van der Waals surface area contributed by atoms with E-state index in [9.17, 15) is 33.5 Å². The van der Waals surface area contributed by atoms with E-state index in [-0.39, 0.29) is 5.92 Å². The molecule has 268 valence electrons. The molecule has 2 aliphatic heterocycles. The number of hydrogen-bond donors (Lipinski definition) is 3. The standard InChI is InChI=1S/C33H40FN3O5.C4H4O4/c1-3-5-6-7-8-9-14-27(32(40)41)33(4-2,37-30(38)24-12-10-11-13-25(24)31(37)39)36-19-17-22(18-20-36)29-26-16-15-23(34)21-28(26)42-35-29;5-3(6)1-2-4(7)8/h10-13,15-16,21-22,27H,3-9,14,17-20H2,1-2H3,(H,40,41);1-2H,(H,5,6)(H,7,8). The number of carbonyl (C=O) groups excluding carboxylic acids is 2. The van der Waals surface area contributed by atoms with Crippen LogP contribution >= 0.6 is 0 Å². The fourth-order valence-electron chi connectivity index (χ4n) is 7.28. The molecule has 3 aromatic rings. The van der Waals surface area contributed by atoms with Gasteiger partial charge in [0.05, 0.1) is 22.7 Å². The first-order chi connectivity index (χ1) is 24.0. The average molecular weight is 694 g/mol. The summed E-state index contributed by atoms with van der Waals surface area (Å²) < 4.78 is 19.1. The highest BCUT2D eigenvalue weighted by Crippen LogP contribution is 2.44. The summed E-state index contributed by atoms with van der Waals surface area (Å²) in [5.41, 5.74) is 0.476. The first-order valence-corrected chi connectivity index (χ1v) is 17.1. The lowest BCUT2D eigenvalue weighted by atomic mass is 9.80. The molecular weight excluding hydrogens is 649 g/mol. The smallest absolute Gasteiger partial charge is 0.328 e. The molecule has 1 aromatic heterocycles. The summed E-state index contributed by atoms with van der Waals surface area (Å²) in [6, 6.07) is 11.1. The predicted octanol–water partition coefficient (Wildman–Crippen LogP) is 6.71. The maximum absolute atomic E-state index is 13.9. The Bertz CT molecular complexity index is 1680. The lowest BCUT2D eigenvalue weighted by molar-refractivity contribution is -0.157. The fourth-order valence-corrected chi connectivity index (χ4v) is 7.28. The number of carboxylic acids is 3. The number of hydrogen-bond acceptors (Lipinski definition) is 8. The molecule has 2 amide bonds. The summed E-state index contributed by atoms with van der Waals surface area (Å²) in [5.74, 6) is -5.68. The van der Waals surface area contributed by atoms with E-state index in [1.54, 1.807) is 30.3 Å². The highest BCUT2D eigenvalue weighted by atomic mass is 19.1. The zero-order valence-electron chi connectivity index (χ0n) is 28.3. The van der Waals surface area contributed by atoms with Crippen LogP contribution in [-0.4, -0.2) is 78.8 Å². The number of piperidine rings is 1. The van der Waals surface area contributed by atoms with Crippen molar-refractivity contribution < 1.29 is 48.2 Å².